The fraction of sp³-hybridized carbons (Fsp3) is 0.529. The van der Waals surface area contributed by atoms with Crippen molar-refractivity contribution in [3.63, 3.8) is 0 Å². The second-order valence-electron chi connectivity index (χ2n) is 5.97. The van der Waals surface area contributed by atoms with Gasteiger partial charge in [-0.25, -0.2) is 0 Å². The Balaban J connectivity index is 2.16. The molecule has 1 aromatic carbocycles. The van der Waals surface area contributed by atoms with Crippen molar-refractivity contribution in [2.45, 2.75) is 38.0 Å². The van der Waals surface area contributed by atoms with Gasteiger partial charge in [-0.2, -0.15) is 0 Å². The summed E-state index contributed by atoms with van der Waals surface area (Å²) in [6.45, 7) is 1.75. The van der Waals surface area contributed by atoms with E-state index in [2.05, 4.69) is 5.32 Å². The second-order valence-corrected chi connectivity index (χ2v) is 5.97. The Bertz CT molecular complexity index is 532. The number of carboxylic acids is 1. The number of aliphatic carboxylic acids is 1. The molecule has 0 radical (unpaired) electrons. The van der Waals surface area contributed by atoms with Crippen LogP contribution in [0.2, 0.25) is 0 Å². The number of carboxylic acid groups (broad SMARTS) is 1. The van der Waals surface area contributed by atoms with Crippen molar-refractivity contribution in [1.82, 2.24) is 5.32 Å². The van der Waals surface area contributed by atoms with Gasteiger partial charge in [-0.1, -0.05) is 31.9 Å². The number of benzene rings is 1. The fourth-order valence-corrected chi connectivity index (χ4v) is 3.04. The van der Waals surface area contributed by atoms with Crippen LogP contribution in [0.3, 0.4) is 0 Å². The lowest BCUT2D eigenvalue weighted by molar-refractivity contribution is -0.141. The van der Waals surface area contributed by atoms with Gasteiger partial charge in [0.25, 0.3) is 0 Å². The summed E-state index contributed by atoms with van der Waals surface area (Å²) in [6, 6.07) is 7.60. The van der Waals surface area contributed by atoms with Crippen LogP contribution in [0.15, 0.2) is 24.3 Å². The van der Waals surface area contributed by atoms with E-state index in [1.165, 1.54) is 0 Å². The number of carbonyl (C=O) groups excluding carboxylic acids is 1. The minimum absolute atomic E-state index is 0.0664. The third-order valence-corrected chi connectivity index (χ3v) is 4.52. The lowest BCUT2D eigenvalue weighted by Gasteiger charge is -2.29. The molecule has 5 nitrogen and oxygen atoms in total. The molecule has 0 spiro atoms. The molecule has 0 aromatic heterocycles. The van der Waals surface area contributed by atoms with E-state index in [1.54, 1.807) is 14.0 Å². The quantitative estimate of drug-likeness (QED) is 0.846. The molecule has 0 aliphatic heterocycles. The molecule has 1 atom stereocenters. The van der Waals surface area contributed by atoms with Gasteiger partial charge >= 0.3 is 5.97 Å². The molecule has 0 bridgehead atoms. The van der Waals surface area contributed by atoms with Gasteiger partial charge in [0.1, 0.15) is 5.75 Å². The summed E-state index contributed by atoms with van der Waals surface area (Å²) in [5, 5.41) is 11.8. The Morgan fingerprint density at radius 2 is 1.86 bits per heavy atom. The highest BCUT2D eigenvalue weighted by molar-refractivity contribution is 5.89. The highest BCUT2D eigenvalue weighted by Gasteiger charge is 2.42. The lowest BCUT2D eigenvalue weighted by atomic mass is 9.78. The zero-order chi connectivity index (χ0) is 16.2. The molecule has 1 unspecified atom stereocenters. The highest BCUT2D eigenvalue weighted by Crippen LogP contribution is 2.41. The van der Waals surface area contributed by atoms with Crippen LogP contribution < -0.4 is 10.1 Å². The van der Waals surface area contributed by atoms with Crippen LogP contribution >= 0.6 is 0 Å². The maximum absolute atomic E-state index is 12.7. The topological polar surface area (TPSA) is 75.6 Å². The van der Waals surface area contributed by atoms with Crippen molar-refractivity contribution in [2.24, 2.45) is 5.92 Å². The molecule has 1 aliphatic rings. The van der Waals surface area contributed by atoms with E-state index in [0.29, 0.717) is 0 Å². The van der Waals surface area contributed by atoms with Crippen molar-refractivity contribution in [3.05, 3.63) is 29.8 Å². The maximum atomic E-state index is 12.7. The van der Waals surface area contributed by atoms with E-state index in [1.807, 2.05) is 24.3 Å². The van der Waals surface area contributed by atoms with Crippen LogP contribution in [0.1, 0.15) is 38.2 Å². The van der Waals surface area contributed by atoms with Gasteiger partial charge in [0, 0.05) is 6.54 Å². The standard InChI is InChI=1S/C17H23NO4/c1-12(15(19)20)11-18-16(21)17(9-3-4-10-17)13-5-7-14(22-2)8-6-13/h5-8,12H,3-4,9-11H2,1-2H3,(H,18,21)(H,19,20). The van der Waals surface area contributed by atoms with Crippen LogP contribution in [0.4, 0.5) is 0 Å². The van der Waals surface area contributed by atoms with Gasteiger partial charge in [-0.15, -0.1) is 0 Å². The summed E-state index contributed by atoms with van der Waals surface area (Å²) < 4.78 is 5.16. The molecule has 1 saturated carbocycles. The summed E-state index contributed by atoms with van der Waals surface area (Å²) in [5.74, 6) is -0.788. The fourth-order valence-electron chi connectivity index (χ4n) is 3.04. The normalized spacial score (nSPS) is 17.7. The summed E-state index contributed by atoms with van der Waals surface area (Å²) in [4.78, 5) is 23.6. The number of rotatable bonds is 6. The predicted molar refractivity (Wildman–Crippen MR) is 82.9 cm³/mol. The molecule has 0 heterocycles. The molecule has 1 fully saturated rings. The Labute approximate surface area is 130 Å². The molecule has 1 aromatic rings. The maximum Gasteiger partial charge on any atom is 0.308 e. The average Bonchev–Trinajstić information content (AvgIpc) is 3.03. The van der Waals surface area contributed by atoms with Crippen molar-refractivity contribution >= 4 is 11.9 Å². The van der Waals surface area contributed by atoms with Crippen LogP contribution in [0, 0.1) is 5.92 Å². The largest absolute Gasteiger partial charge is 0.497 e. The van der Waals surface area contributed by atoms with Crippen molar-refractivity contribution in [1.29, 1.82) is 0 Å². The average molecular weight is 305 g/mol. The molecular weight excluding hydrogens is 282 g/mol. The first kappa shape index (κ1) is 16.3. The minimum atomic E-state index is -0.898. The summed E-state index contributed by atoms with van der Waals surface area (Å²) in [7, 11) is 1.61. The monoisotopic (exact) mass is 305 g/mol. The minimum Gasteiger partial charge on any atom is -0.497 e. The number of methoxy groups -OCH3 is 1. The Kier molecular flexibility index (Phi) is 5.06. The van der Waals surface area contributed by atoms with Gasteiger partial charge in [0.15, 0.2) is 0 Å². The first-order chi connectivity index (χ1) is 10.5. The van der Waals surface area contributed by atoms with E-state index < -0.39 is 17.3 Å². The lowest BCUT2D eigenvalue weighted by Crippen LogP contribution is -2.44. The molecule has 22 heavy (non-hydrogen) atoms. The van der Waals surface area contributed by atoms with E-state index in [0.717, 1.165) is 37.0 Å². The van der Waals surface area contributed by atoms with Gasteiger partial charge in [-0.05, 0) is 30.5 Å². The van der Waals surface area contributed by atoms with Gasteiger partial charge in [-0.3, -0.25) is 9.59 Å². The molecule has 120 valence electrons. The molecule has 1 amide bonds. The first-order valence-electron chi connectivity index (χ1n) is 7.65. The van der Waals surface area contributed by atoms with Crippen LogP contribution in [-0.2, 0) is 15.0 Å². The second kappa shape index (κ2) is 6.81. The molecule has 5 heteroatoms. The number of nitrogens with one attached hydrogen (secondary N) is 1. The summed E-state index contributed by atoms with van der Waals surface area (Å²) in [6.07, 6.45) is 3.61. The van der Waals surface area contributed by atoms with E-state index in [-0.39, 0.29) is 12.5 Å². The first-order valence-corrected chi connectivity index (χ1v) is 7.65. The van der Waals surface area contributed by atoms with Crippen molar-refractivity contribution in [3.8, 4) is 5.75 Å². The third-order valence-electron chi connectivity index (χ3n) is 4.52. The SMILES string of the molecule is COc1ccc(C2(C(=O)NCC(C)C(=O)O)CCCC2)cc1. The van der Waals surface area contributed by atoms with Crippen LogP contribution in [-0.4, -0.2) is 30.6 Å². The number of hydrogen-bond donors (Lipinski definition) is 2. The molecule has 1 aliphatic carbocycles. The van der Waals surface area contributed by atoms with Crippen molar-refractivity contribution in [2.75, 3.05) is 13.7 Å². The summed E-state index contributed by atoms with van der Waals surface area (Å²) >= 11 is 0. The highest BCUT2D eigenvalue weighted by atomic mass is 16.5. The summed E-state index contributed by atoms with van der Waals surface area (Å²) in [5.41, 5.74) is 0.441. The Morgan fingerprint density at radius 1 is 1.27 bits per heavy atom. The Morgan fingerprint density at radius 3 is 2.36 bits per heavy atom. The third kappa shape index (κ3) is 3.24. The zero-order valence-electron chi connectivity index (χ0n) is 13.1. The molecule has 2 rings (SSSR count). The van der Waals surface area contributed by atoms with Crippen LogP contribution in [0.5, 0.6) is 5.75 Å². The van der Waals surface area contributed by atoms with Crippen molar-refractivity contribution < 1.29 is 19.4 Å². The smallest absolute Gasteiger partial charge is 0.308 e. The van der Waals surface area contributed by atoms with E-state index >= 15 is 0 Å². The van der Waals surface area contributed by atoms with Gasteiger partial charge < -0.3 is 15.2 Å². The number of hydrogen-bond acceptors (Lipinski definition) is 3. The van der Waals surface area contributed by atoms with Gasteiger partial charge in [0.05, 0.1) is 18.4 Å². The Hall–Kier alpha value is -2.04. The van der Waals surface area contributed by atoms with Crippen LogP contribution in [0.25, 0.3) is 0 Å². The molecule has 2 N–H and O–H groups in total. The number of amides is 1. The molecular formula is C17H23NO4. The number of ether oxygens (including phenoxy) is 1. The zero-order valence-corrected chi connectivity index (χ0v) is 13.1. The molecule has 0 saturated heterocycles. The van der Waals surface area contributed by atoms with E-state index in [4.69, 9.17) is 9.84 Å². The predicted octanol–water partition coefficient (Wildman–Crippen LogP) is 2.34. The number of carbonyl (C=O) groups is 2. The van der Waals surface area contributed by atoms with Gasteiger partial charge in [0.2, 0.25) is 5.91 Å². The van der Waals surface area contributed by atoms with E-state index in [9.17, 15) is 9.59 Å².